The Bertz CT molecular complexity index is 171. The second-order valence-electron chi connectivity index (χ2n) is 4.24. The summed E-state index contributed by atoms with van der Waals surface area (Å²) < 4.78 is 0. The van der Waals surface area contributed by atoms with Crippen LogP contribution in [0.1, 0.15) is 39.5 Å². The van der Waals surface area contributed by atoms with Crippen LogP contribution >= 0.6 is 11.8 Å². The summed E-state index contributed by atoms with van der Waals surface area (Å²) in [5.74, 6) is 2.25. The van der Waals surface area contributed by atoms with E-state index in [0.29, 0.717) is 4.87 Å². The monoisotopic (exact) mass is 185 g/mol. The molecule has 2 aliphatic rings. The minimum atomic E-state index is 0.494. The van der Waals surface area contributed by atoms with E-state index < -0.39 is 0 Å². The summed E-state index contributed by atoms with van der Waals surface area (Å²) in [6.07, 6.45) is 5.64. The van der Waals surface area contributed by atoms with Gasteiger partial charge in [0, 0.05) is 11.8 Å². The second-order valence-corrected chi connectivity index (χ2v) is 5.59. The summed E-state index contributed by atoms with van der Waals surface area (Å²) in [6, 6.07) is 0.738. The normalized spacial score (nSPS) is 47.5. The third-order valence-corrected chi connectivity index (χ3v) is 5.17. The zero-order chi connectivity index (χ0) is 8.60. The molecule has 2 fully saturated rings. The number of hydrogen-bond donors (Lipinski definition) is 1. The summed E-state index contributed by atoms with van der Waals surface area (Å²) >= 11 is 2.18. The predicted octanol–water partition coefficient (Wildman–Crippen LogP) is 2.62. The molecule has 0 amide bonds. The van der Waals surface area contributed by atoms with Gasteiger partial charge in [0.1, 0.15) is 0 Å². The van der Waals surface area contributed by atoms with Crippen LogP contribution in [0.4, 0.5) is 0 Å². The van der Waals surface area contributed by atoms with Crippen LogP contribution in [-0.2, 0) is 0 Å². The molecular formula is C10H19NS. The smallest absolute Gasteiger partial charge is 0.0676 e. The Hall–Kier alpha value is 0.310. The fourth-order valence-corrected chi connectivity index (χ4v) is 4.46. The van der Waals surface area contributed by atoms with Gasteiger partial charge >= 0.3 is 0 Å². The molecule has 3 atom stereocenters. The fourth-order valence-electron chi connectivity index (χ4n) is 2.74. The van der Waals surface area contributed by atoms with Crippen LogP contribution < -0.4 is 5.32 Å². The third kappa shape index (κ3) is 1.29. The van der Waals surface area contributed by atoms with Crippen molar-refractivity contribution in [2.75, 3.05) is 5.75 Å². The van der Waals surface area contributed by atoms with Crippen LogP contribution in [0.3, 0.4) is 0 Å². The lowest BCUT2D eigenvalue weighted by Gasteiger charge is -2.30. The molecule has 0 aromatic heterocycles. The van der Waals surface area contributed by atoms with Crippen molar-refractivity contribution in [1.29, 1.82) is 0 Å². The van der Waals surface area contributed by atoms with E-state index in [-0.39, 0.29) is 0 Å². The van der Waals surface area contributed by atoms with Gasteiger partial charge in [-0.25, -0.2) is 0 Å². The molecule has 1 saturated heterocycles. The molecule has 1 nitrogen and oxygen atoms in total. The average Bonchev–Trinajstić information content (AvgIpc) is 2.60. The Labute approximate surface area is 79.7 Å². The van der Waals surface area contributed by atoms with Gasteiger partial charge in [-0.2, -0.15) is 0 Å². The molecule has 70 valence electrons. The van der Waals surface area contributed by atoms with Gasteiger partial charge in [0.05, 0.1) is 4.87 Å². The van der Waals surface area contributed by atoms with E-state index in [9.17, 15) is 0 Å². The molecule has 2 heteroatoms. The molecule has 3 unspecified atom stereocenters. The first-order chi connectivity index (χ1) is 5.77. The first-order valence-electron chi connectivity index (χ1n) is 5.18. The molecule has 1 aliphatic heterocycles. The molecule has 1 heterocycles. The van der Waals surface area contributed by atoms with Gasteiger partial charge in [0.25, 0.3) is 0 Å². The van der Waals surface area contributed by atoms with E-state index in [4.69, 9.17) is 0 Å². The number of hydrogen-bond acceptors (Lipinski definition) is 2. The molecule has 1 spiro atoms. The minimum absolute atomic E-state index is 0.494. The summed E-state index contributed by atoms with van der Waals surface area (Å²) in [7, 11) is 0. The Kier molecular flexibility index (Phi) is 2.39. The van der Waals surface area contributed by atoms with Gasteiger partial charge in [-0.3, -0.25) is 5.32 Å². The summed E-state index contributed by atoms with van der Waals surface area (Å²) in [5, 5.41) is 3.79. The van der Waals surface area contributed by atoms with Crippen LogP contribution in [0.5, 0.6) is 0 Å². The first kappa shape index (κ1) is 8.89. The molecule has 12 heavy (non-hydrogen) atoms. The van der Waals surface area contributed by atoms with E-state index >= 15 is 0 Å². The average molecular weight is 185 g/mol. The Balaban J connectivity index is 2.09. The van der Waals surface area contributed by atoms with Crippen LogP contribution in [0.15, 0.2) is 0 Å². The van der Waals surface area contributed by atoms with Gasteiger partial charge in [-0.1, -0.05) is 19.8 Å². The minimum Gasteiger partial charge on any atom is -0.299 e. The third-order valence-electron chi connectivity index (χ3n) is 3.33. The van der Waals surface area contributed by atoms with Crippen LogP contribution in [-0.4, -0.2) is 16.7 Å². The van der Waals surface area contributed by atoms with Crippen molar-refractivity contribution < 1.29 is 0 Å². The SMILES string of the molecule is CCC1CCCC12NC(C)CS2. The van der Waals surface area contributed by atoms with Crippen molar-refractivity contribution in [1.82, 2.24) is 5.32 Å². The van der Waals surface area contributed by atoms with Gasteiger partial charge < -0.3 is 0 Å². The molecular weight excluding hydrogens is 166 g/mol. The van der Waals surface area contributed by atoms with Gasteiger partial charge in [-0.15, -0.1) is 11.8 Å². The Morgan fingerprint density at radius 2 is 2.42 bits per heavy atom. The summed E-state index contributed by atoms with van der Waals surface area (Å²) in [5.41, 5.74) is 0. The van der Waals surface area contributed by atoms with Crippen LogP contribution in [0.25, 0.3) is 0 Å². The fraction of sp³-hybridized carbons (Fsp3) is 1.00. The zero-order valence-corrected chi connectivity index (χ0v) is 8.91. The van der Waals surface area contributed by atoms with Gasteiger partial charge in [0.2, 0.25) is 0 Å². The molecule has 1 aliphatic carbocycles. The van der Waals surface area contributed by atoms with Gasteiger partial charge in [0.15, 0.2) is 0 Å². The zero-order valence-electron chi connectivity index (χ0n) is 8.10. The quantitative estimate of drug-likeness (QED) is 0.674. The lowest BCUT2D eigenvalue weighted by atomic mass is 9.99. The maximum absolute atomic E-state index is 3.79. The second kappa shape index (κ2) is 3.22. The molecule has 0 aromatic rings. The van der Waals surface area contributed by atoms with Gasteiger partial charge in [-0.05, 0) is 25.7 Å². The van der Waals surface area contributed by atoms with Crippen molar-refractivity contribution in [3.05, 3.63) is 0 Å². The lowest BCUT2D eigenvalue weighted by Crippen LogP contribution is -2.43. The Morgan fingerprint density at radius 1 is 1.58 bits per heavy atom. The van der Waals surface area contributed by atoms with E-state index in [1.54, 1.807) is 0 Å². The molecule has 0 bridgehead atoms. The lowest BCUT2D eigenvalue weighted by molar-refractivity contribution is 0.349. The maximum atomic E-state index is 3.79. The van der Waals surface area contributed by atoms with Crippen LogP contribution in [0.2, 0.25) is 0 Å². The van der Waals surface area contributed by atoms with Crippen molar-refractivity contribution in [3.8, 4) is 0 Å². The number of rotatable bonds is 1. The summed E-state index contributed by atoms with van der Waals surface area (Å²) in [6.45, 7) is 4.65. The summed E-state index contributed by atoms with van der Waals surface area (Å²) in [4.78, 5) is 0.494. The highest BCUT2D eigenvalue weighted by Gasteiger charge is 2.46. The van der Waals surface area contributed by atoms with Crippen molar-refractivity contribution >= 4 is 11.8 Å². The molecule has 0 aromatic carbocycles. The first-order valence-corrected chi connectivity index (χ1v) is 6.17. The van der Waals surface area contributed by atoms with E-state index in [2.05, 4.69) is 30.9 Å². The molecule has 1 saturated carbocycles. The predicted molar refractivity (Wildman–Crippen MR) is 55.4 cm³/mol. The van der Waals surface area contributed by atoms with Crippen molar-refractivity contribution in [3.63, 3.8) is 0 Å². The van der Waals surface area contributed by atoms with E-state index in [0.717, 1.165) is 12.0 Å². The standard InChI is InChI=1S/C10H19NS/c1-3-9-5-4-6-10(9)11-8(2)7-12-10/h8-9,11H,3-7H2,1-2H3. The molecule has 1 N–H and O–H groups in total. The van der Waals surface area contributed by atoms with E-state index in [1.807, 2.05) is 0 Å². The van der Waals surface area contributed by atoms with Crippen molar-refractivity contribution in [2.45, 2.75) is 50.4 Å². The van der Waals surface area contributed by atoms with E-state index in [1.165, 1.54) is 31.4 Å². The highest BCUT2D eigenvalue weighted by atomic mass is 32.2. The Morgan fingerprint density at radius 3 is 3.00 bits per heavy atom. The van der Waals surface area contributed by atoms with Crippen molar-refractivity contribution in [2.24, 2.45) is 5.92 Å². The number of thioether (sulfide) groups is 1. The van der Waals surface area contributed by atoms with Crippen LogP contribution in [0, 0.1) is 5.92 Å². The highest BCUT2D eigenvalue weighted by Crippen LogP contribution is 2.48. The molecule has 0 radical (unpaired) electrons. The topological polar surface area (TPSA) is 12.0 Å². The number of nitrogens with one attached hydrogen (secondary N) is 1. The maximum Gasteiger partial charge on any atom is 0.0676 e. The largest absolute Gasteiger partial charge is 0.299 e. The highest BCUT2D eigenvalue weighted by molar-refractivity contribution is 8.00. The molecule has 2 rings (SSSR count).